The van der Waals surface area contributed by atoms with Gasteiger partial charge >= 0.3 is 6.09 Å². The summed E-state index contributed by atoms with van der Waals surface area (Å²) in [4.78, 5) is 24.2. The van der Waals surface area contributed by atoms with E-state index in [0.717, 1.165) is 18.4 Å². The van der Waals surface area contributed by atoms with Crippen LogP contribution in [-0.4, -0.2) is 18.5 Å². The van der Waals surface area contributed by atoms with Crippen LogP contribution in [0.1, 0.15) is 42.1 Å². The van der Waals surface area contributed by atoms with Crippen LogP contribution in [0, 0.1) is 0 Å². The summed E-state index contributed by atoms with van der Waals surface area (Å²) >= 11 is 0. The molecule has 0 saturated heterocycles. The topological polar surface area (TPSA) is 55.4 Å². The van der Waals surface area contributed by atoms with Gasteiger partial charge in [-0.25, -0.2) is 4.79 Å². The first-order chi connectivity index (χ1) is 14.7. The summed E-state index contributed by atoms with van der Waals surface area (Å²) in [5, 5.41) is 2.67. The van der Waals surface area contributed by atoms with Gasteiger partial charge in [-0.2, -0.15) is 0 Å². The van der Waals surface area contributed by atoms with Crippen LogP contribution in [0.15, 0.2) is 78.9 Å². The van der Waals surface area contributed by atoms with Crippen LogP contribution in [0.3, 0.4) is 0 Å². The van der Waals surface area contributed by atoms with E-state index in [9.17, 15) is 9.59 Å². The van der Waals surface area contributed by atoms with E-state index in [1.807, 2.05) is 25.1 Å². The molecular formula is C26H27NO3. The molecule has 0 aliphatic carbocycles. The van der Waals surface area contributed by atoms with Gasteiger partial charge in [-0.05, 0) is 53.8 Å². The van der Waals surface area contributed by atoms with Gasteiger partial charge in [-0.1, -0.05) is 67.9 Å². The molecule has 0 heterocycles. The Morgan fingerprint density at radius 2 is 1.50 bits per heavy atom. The van der Waals surface area contributed by atoms with E-state index in [1.54, 1.807) is 24.3 Å². The quantitative estimate of drug-likeness (QED) is 0.328. The normalized spacial score (nSPS) is 10.4. The zero-order valence-electron chi connectivity index (χ0n) is 17.3. The summed E-state index contributed by atoms with van der Waals surface area (Å²) < 4.78 is 5.07. The van der Waals surface area contributed by atoms with Gasteiger partial charge in [0.15, 0.2) is 5.78 Å². The molecule has 4 nitrogen and oxygen atoms in total. The molecule has 0 radical (unpaired) electrons. The van der Waals surface area contributed by atoms with Crippen molar-refractivity contribution in [2.45, 2.75) is 32.6 Å². The van der Waals surface area contributed by atoms with Crippen LogP contribution >= 0.6 is 0 Å². The Morgan fingerprint density at radius 3 is 2.17 bits per heavy atom. The first kappa shape index (κ1) is 21.3. The molecule has 3 aromatic carbocycles. The van der Waals surface area contributed by atoms with Crippen molar-refractivity contribution >= 4 is 17.6 Å². The molecule has 4 heteroatoms. The monoisotopic (exact) mass is 401 g/mol. The fraction of sp³-hybridized carbons (Fsp3) is 0.231. The summed E-state index contributed by atoms with van der Waals surface area (Å²) in [7, 11) is 0. The van der Waals surface area contributed by atoms with Crippen LogP contribution in [0.5, 0.6) is 0 Å². The van der Waals surface area contributed by atoms with E-state index in [0.29, 0.717) is 30.7 Å². The summed E-state index contributed by atoms with van der Waals surface area (Å²) in [5.41, 5.74) is 4.74. The molecule has 0 bridgehead atoms. The number of anilines is 1. The third kappa shape index (κ3) is 6.31. The van der Waals surface area contributed by atoms with Gasteiger partial charge < -0.3 is 4.74 Å². The van der Waals surface area contributed by atoms with Gasteiger partial charge in [0.1, 0.15) is 0 Å². The zero-order chi connectivity index (χ0) is 21.2. The lowest BCUT2D eigenvalue weighted by Gasteiger charge is -2.08. The van der Waals surface area contributed by atoms with Gasteiger partial charge in [0, 0.05) is 17.7 Å². The Balaban J connectivity index is 1.49. The Labute approximate surface area is 177 Å². The fourth-order valence-electron chi connectivity index (χ4n) is 3.10. The maximum atomic E-state index is 12.5. The number of benzene rings is 3. The van der Waals surface area contributed by atoms with Crippen molar-refractivity contribution in [1.82, 2.24) is 0 Å². The molecule has 154 valence electrons. The minimum absolute atomic E-state index is 0.0826. The standard InChI is InChI=1S/C26H27NO3/c1-2-3-19-30-26(29)27-24-16-14-23(15-17-24)25(28)18-11-20-9-12-22(13-10-20)21-7-5-4-6-8-21/h4-10,12-17H,2-3,11,18-19H2,1H3,(H,27,29). The SMILES string of the molecule is CCCCOC(=O)Nc1ccc(C(=O)CCc2ccc(-c3ccccc3)cc2)cc1. The molecule has 0 aromatic heterocycles. The van der Waals surface area contributed by atoms with Crippen molar-refractivity contribution in [3.8, 4) is 11.1 Å². The van der Waals surface area contributed by atoms with Crippen molar-refractivity contribution in [3.63, 3.8) is 0 Å². The molecule has 3 rings (SSSR count). The second-order valence-corrected chi connectivity index (χ2v) is 7.18. The van der Waals surface area contributed by atoms with Gasteiger partial charge in [-0.15, -0.1) is 0 Å². The van der Waals surface area contributed by atoms with Crippen molar-refractivity contribution < 1.29 is 14.3 Å². The average molecular weight is 402 g/mol. The van der Waals surface area contributed by atoms with E-state index in [2.05, 4.69) is 41.7 Å². The van der Waals surface area contributed by atoms with Gasteiger partial charge in [0.05, 0.1) is 6.61 Å². The molecule has 1 amide bonds. The van der Waals surface area contributed by atoms with Crippen LogP contribution < -0.4 is 5.32 Å². The predicted octanol–water partition coefficient (Wildman–Crippen LogP) is 6.52. The van der Waals surface area contributed by atoms with Crippen LogP contribution in [0.2, 0.25) is 0 Å². The molecule has 0 aliphatic rings. The summed E-state index contributed by atoms with van der Waals surface area (Å²) in [6, 6.07) is 25.5. The number of hydrogen-bond acceptors (Lipinski definition) is 3. The minimum Gasteiger partial charge on any atom is -0.449 e. The Kier molecular flexibility index (Phi) is 7.78. The molecule has 0 saturated carbocycles. The Bertz CT molecular complexity index is 948. The second-order valence-electron chi connectivity index (χ2n) is 7.18. The Morgan fingerprint density at radius 1 is 0.833 bits per heavy atom. The van der Waals surface area contributed by atoms with Crippen LogP contribution in [0.25, 0.3) is 11.1 Å². The number of carbonyl (C=O) groups is 2. The lowest BCUT2D eigenvalue weighted by atomic mass is 10.00. The van der Waals surface area contributed by atoms with E-state index < -0.39 is 6.09 Å². The molecule has 3 aromatic rings. The van der Waals surface area contributed by atoms with E-state index in [4.69, 9.17) is 4.74 Å². The summed E-state index contributed by atoms with van der Waals surface area (Å²) in [6.45, 7) is 2.45. The van der Waals surface area contributed by atoms with Crippen LogP contribution in [-0.2, 0) is 11.2 Å². The molecular weight excluding hydrogens is 374 g/mol. The summed E-state index contributed by atoms with van der Waals surface area (Å²) in [5.74, 6) is 0.0826. The minimum atomic E-state index is -0.471. The first-order valence-corrected chi connectivity index (χ1v) is 10.4. The molecule has 0 atom stereocenters. The van der Waals surface area contributed by atoms with Crippen LogP contribution in [0.4, 0.5) is 10.5 Å². The molecule has 30 heavy (non-hydrogen) atoms. The number of ether oxygens (including phenoxy) is 1. The van der Waals surface area contributed by atoms with E-state index >= 15 is 0 Å². The number of hydrogen-bond donors (Lipinski definition) is 1. The highest BCUT2D eigenvalue weighted by molar-refractivity contribution is 5.97. The number of carbonyl (C=O) groups excluding carboxylic acids is 2. The Hall–Kier alpha value is -3.40. The van der Waals surface area contributed by atoms with E-state index in [-0.39, 0.29) is 5.78 Å². The second kappa shape index (κ2) is 11.0. The highest BCUT2D eigenvalue weighted by atomic mass is 16.5. The number of Topliss-reactive ketones (excluding diaryl/α,β-unsaturated/α-hetero) is 1. The molecule has 0 fully saturated rings. The lowest BCUT2D eigenvalue weighted by molar-refractivity contribution is 0.0983. The zero-order valence-corrected chi connectivity index (χ0v) is 17.3. The molecule has 0 spiro atoms. The highest BCUT2D eigenvalue weighted by Gasteiger charge is 2.08. The third-order valence-electron chi connectivity index (χ3n) is 4.89. The lowest BCUT2D eigenvalue weighted by Crippen LogP contribution is -2.14. The predicted molar refractivity (Wildman–Crippen MR) is 121 cm³/mol. The van der Waals surface area contributed by atoms with Gasteiger partial charge in [0.2, 0.25) is 0 Å². The van der Waals surface area contributed by atoms with Crippen molar-refractivity contribution in [2.24, 2.45) is 0 Å². The van der Waals surface area contributed by atoms with Gasteiger partial charge in [-0.3, -0.25) is 10.1 Å². The van der Waals surface area contributed by atoms with Crippen molar-refractivity contribution in [3.05, 3.63) is 90.0 Å². The maximum Gasteiger partial charge on any atom is 0.411 e. The number of unbranched alkanes of at least 4 members (excludes halogenated alkanes) is 1. The largest absolute Gasteiger partial charge is 0.449 e. The first-order valence-electron chi connectivity index (χ1n) is 10.4. The fourth-order valence-corrected chi connectivity index (χ4v) is 3.10. The maximum absolute atomic E-state index is 12.5. The number of nitrogens with one attached hydrogen (secondary N) is 1. The average Bonchev–Trinajstić information content (AvgIpc) is 2.79. The number of aryl methyl sites for hydroxylation is 1. The number of ketones is 1. The number of amides is 1. The number of rotatable bonds is 9. The molecule has 0 aliphatic heterocycles. The van der Waals surface area contributed by atoms with Crippen molar-refractivity contribution in [2.75, 3.05) is 11.9 Å². The smallest absolute Gasteiger partial charge is 0.411 e. The summed E-state index contributed by atoms with van der Waals surface area (Å²) in [6.07, 6.45) is 2.48. The molecule has 1 N–H and O–H groups in total. The molecule has 0 unspecified atom stereocenters. The third-order valence-corrected chi connectivity index (χ3v) is 4.89. The highest BCUT2D eigenvalue weighted by Crippen LogP contribution is 2.20. The van der Waals surface area contributed by atoms with Gasteiger partial charge in [0.25, 0.3) is 0 Å². The van der Waals surface area contributed by atoms with Crippen molar-refractivity contribution in [1.29, 1.82) is 0 Å². The van der Waals surface area contributed by atoms with E-state index in [1.165, 1.54) is 11.1 Å².